The van der Waals surface area contributed by atoms with E-state index in [1.807, 2.05) is 17.6 Å². The standard InChI is InChI=1S/C18H23N5O/c1-12-8-13(2)23-18(20-12)14(9-19-23)10-22(3)11-16-15-6-4-5-7-17(15)24-21-16/h8-9H,4-7,10-11H2,1-3H3. The zero-order chi connectivity index (χ0) is 16.7. The lowest BCUT2D eigenvalue weighted by molar-refractivity contribution is 0.301. The van der Waals surface area contributed by atoms with Crippen LogP contribution in [-0.2, 0) is 25.9 Å². The Morgan fingerprint density at radius 2 is 2.04 bits per heavy atom. The van der Waals surface area contributed by atoms with Crippen molar-refractivity contribution in [3.8, 4) is 0 Å². The zero-order valence-electron chi connectivity index (χ0n) is 14.5. The second kappa shape index (κ2) is 6.02. The van der Waals surface area contributed by atoms with E-state index in [4.69, 9.17) is 4.52 Å². The average molecular weight is 325 g/mol. The van der Waals surface area contributed by atoms with E-state index in [2.05, 4.69) is 40.2 Å². The molecular formula is C18H23N5O. The molecule has 6 nitrogen and oxygen atoms in total. The Labute approximate surface area is 141 Å². The Bertz CT molecular complexity index is 879. The highest BCUT2D eigenvalue weighted by Gasteiger charge is 2.20. The highest BCUT2D eigenvalue weighted by molar-refractivity contribution is 5.47. The van der Waals surface area contributed by atoms with Crippen molar-refractivity contribution in [2.24, 2.45) is 0 Å². The molecule has 0 radical (unpaired) electrons. The van der Waals surface area contributed by atoms with Gasteiger partial charge in [0.25, 0.3) is 0 Å². The fourth-order valence-electron chi connectivity index (χ4n) is 3.60. The summed E-state index contributed by atoms with van der Waals surface area (Å²) in [5.74, 6) is 1.09. The molecule has 24 heavy (non-hydrogen) atoms. The Morgan fingerprint density at radius 1 is 1.21 bits per heavy atom. The number of rotatable bonds is 4. The molecule has 0 atom stereocenters. The summed E-state index contributed by atoms with van der Waals surface area (Å²) in [7, 11) is 2.11. The summed E-state index contributed by atoms with van der Waals surface area (Å²) >= 11 is 0. The first-order valence-electron chi connectivity index (χ1n) is 8.57. The monoisotopic (exact) mass is 325 g/mol. The van der Waals surface area contributed by atoms with Gasteiger partial charge in [0.1, 0.15) is 11.5 Å². The first kappa shape index (κ1) is 15.3. The van der Waals surface area contributed by atoms with Crippen LogP contribution in [0.5, 0.6) is 0 Å². The maximum Gasteiger partial charge on any atom is 0.159 e. The van der Waals surface area contributed by atoms with Crippen molar-refractivity contribution in [2.75, 3.05) is 7.05 Å². The third kappa shape index (κ3) is 2.71. The van der Waals surface area contributed by atoms with Gasteiger partial charge in [-0.25, -0.2) is 9.50 Å². The largest absolute Gasteiger partial charge is 0.361 e. The Kier molecular flexibility index (Phi) is 3.84. The van der Waals surface area contributed by atoms with Gasteiger partial charge in [0.15, 0.2) is 5.65 Å². The van der Waals surface area contributed by atoms with Crippen molar-refractivity contribution in [1.82, 2.24) is 24.7 Å². The molecule has 126 valence electrons. The van der Waals surface area contributed by atoms with Gasteiger partial charge in [-0.05, 0) is 46.2 Å². The first-order chi connectivity index (χ1) is 11.6. The van der Waals surface area contributed by atoms with Crippen LogP contribution >= 0.6 is 0 Å². The summed E-state index contributed by atoms with van der Waals surface area (Å²) in [6.45, 7) is 5.67. The third-order valence-corrected chi connectivity index (χ3v) is 4.74. The third-order valence-electron chi connectivity index (χ3n) is 4.74. The number of fused-ring (bicyclic) bond motifs is 2. The minimum Gasteiger partial charge on any atom is -0.361 e. The fourth-order valence-corrected chi connectivity index (χ4v) is 3.60. The van der Waals surface area contributed by atoms with Crippen LogP contribution in [0.1, 0.15) is 46.8 Å². The lowest BCUT2D eigenvalue weighted by Gasteiger charge is -2.16. The predicted molar refractivity (Wildman–Crippen MR) is 90.8 cm³/mol. The van der Waals surface area contributed by atoms with E-state index in [0.29, 0.717) is 0 Å². The summed E-state index contributed by atoms with van der Waals surface area (Å²) in [5, 5.41) is 8.78. The molecule has 0 bridgehead atoms. The molecule has 3 aromatic heterocycles. The smallest absolute Gasteiger partial charge is 0.159 e. The average Bonchev–Trinajstić information content (AvgIpc) is 3.13. The highest BCUT2D eigenvalue weighted by Crippen LogP contribution is 2.25. The van der Waals surface area contributed by atoms with Gasteiger partial charge in [0, 0.05) is 42.0 Å². The molecule has 0 amide bonds. The van der Waals surface area contributed by atoms with Crippen LogP contribution in [0.25, 0.3) is 5.65 Å². The first-order valence-corrected chi connectivity index (χ1v) is 8.57. The second-order valence-electron chi connectivity index (χ2n) is 6.85. The molecule has 1 aliphatic carbocycles. The van der Waals surface area contributed by atoms with Crippen molar-refractivity contribution in [1.29, 1.82) is 0 Å². The number of hydrogen-bond donors (Lipinski definition) is 0. The molecule has 1 aliphatic rings. The van der Waals surface area contributed by atoms with Crippen LogP contribution in [-0.4, -0.2) is 31.7 Å². The van der Waals surface area contributed by atoms with Crippen LogP contribution in [0.3, 0.4) is 0 Å². The van der Waals surface area contributed by atoms with Crippen LogP contribution in [0.15, 0.2) is 16.8 Å². The van der Waals surface area contributed by atoms with E-state index in [0.717, 1.165) is 60.0 Å². The number of hydrogen-bond acceptors (Lipinski definition) is 5. The molecular weight excluding hydrogens is 302 g/mol. The Balaban J connectivity index is 1.54. The molecule has 0 aliphatic heterocycles. The lowest BCUT2D eigenvalue weighted by Crippen LogP contribution is -2.19. The van der Waals surface area contributed by atoms with E-state index in [-0.39, 0.29) is 0 Å². The van der Waals surface area contributed by atoms with Gasteiger partial charge in [-0.15, -0.1) is 0 Å². The normalized spacial score (nSPS) is 14.5. The number of aromatic nitrogens is 4. The van der Waals surface area contributed by atoms with Gasteiger partial charge in [-0.3, -0.25) is 4.90 Å². The van der Waals surface area contributed by atoms with Crippen LogP contribution in [0.4, 0.5) is 0 Å². The second-order valence-corrected chi connectivity index (χ2v) is 6.85. The Morgan fingerprint density at radius 3 is 2.92 bits per heavy atom. The van der Waals surface area contributed by atoms with Crippen molar-refractivity contribution >= 4 is 5.65 Å². The summed E-state index contributed by atoms with van der Waals surface area (Å²) in [6.07, 6.45) is 6.50. The van der Waals surface area contributed by atoms with Crippen molar-refractivity contribution in [3.63, 3.8) is 0 Å². The zero-order valence-corrected chi connectivity index (χ0v) is 14.5. The van der Waals surface area contributed by atoms with Gasteiger partial charge in [-0.1, -0.05) is 5.16 Å². The van der Waals surface area contributed by atoms with Gasteiger partial charge >= 0.3 is 0 Å². The van der Waals surface area contributed by atoms with Crippen molar-refractivity contribution in [3.05, 3.63) is 46.2 Å². The van der Waals surface area contributed by atoms with Crippen molar-refractivity contribution in [2.45, 2.75) is 52.6 Å². The summed E-state index contributed by atoms with van der Waals surface area (Å²) in [6, 6.07) is 2.05. The summed E-state index contributed by atoms with van der Waals surface area (Å²) < 4.78 is 7.43. The fraction of sp³-hybridized carbons (Fsp3) is 0.500. The molecule has 6 heteroatoms. The van der Waals surface area contributed by atoms with E-state index in [9.17, 15) is 0 Å². The SMILES string of the molecule is Cc1cc(C)n2ncc(CN(C)Cc3noc4c3CCCC4)c2n1. The topological polar surface area (TPSA) is 59.5 Å². The van der Waals surface area contributed by atoms with E-state index in [1.165, 1.54) is 18.4 Å². The van der Waals surface area contributed by atoms with Crippen LogP contribution < -0.4 is 0 Å². The summed E-state index contributed by atoms with van der Waals surface area (Å²) in [4.78, 5) is 6.91. The van der Waals surface area contributed by atoms with Crippen LogP contribution in [0, 0.1) is 13.8 Å². The molecule has 3 heterocycles. The minimum atomic E-state index is 0.793. The molecule has 4 rings (SSSR count). The summed E-state index contributed by atoms with van der Waals surface area (Å²) in [5.41, 5.74) is 6.64. The van der Waals surface area contributed by atoms with Gasteiger partial charge in [-0.2, -0.15) is 5.10 Å². The predicted octanol–water partition coefficient (Wildman–Crippen LogP) is 2.84. The number of aryl methyl sites for hydroxylation is 3. The maximum atomic E-state index is 5.52. The van der Waals surface area contributed by atoms with Crippen molar-refractivity contribution < 1.29 is 4.52 Å². The van der Waals surface area contributed by atoms with E-state index in [1.54, 1.807) is 0 Å². The molecule has 3 aromatic rings. The Hall–Kier alpha value is -2.21. The maximum absolute atomic E-state index is 5.52. The molecule has 0 fully saturated rings. The van der Waals surface area contributed by atoms with Gasteiger partial charge in [0.2, 0.25) is 0 Å². The van der Waals surface area contributed by atoms with E-state index >= 15 is 0 Å². The molecule has 0 spiro atoms. The highest BCUT2D eigenvalue weighted by atomic mass is 16.5. The number of nitrogens with zero attached hydrogens (tertiary/aromatic N) is 5. The van der Waals surface area contributed by atoms with E-state index < -0.39 is 0 Å². The minimum absolute atomic E-state index is 0.793. The van der Waals surface area contributed by atoms with Crippen LogP contribution in [0.2, 0.25) is 0 Å². The lowest BCUT2D eigenvalue weighted by atomic mass is 9.96. The van der Waals surface area contributed by atoms with Gasteiger partial charge < -0.3 is 4.52 Å². The molecule has 0 saturated heterocycles. The molecule has 0 N–H and O–H groups in total. The quantitative estimate of drug-likeness (QED) is 0.738. The molecule has 0 unspecified atom stereocenters. The molecule has 0 saturated carbocycles. The molecule has 0 aromatic carbocycles. The van der Waals surface area contributed by atoms with Gasteiger partial charge in [0.05, 0.1) is 6.20 Å².